The predicted octanol–water partition coefficient (Wildman–Crippen LogP) is 5.22. The molecule has 1 heterocycles. The molecule has 3 rings (SSSR count). The Hall–Kier alpha value is -1.18. The van der Waals surface area contributed by atoms with Crippen molar-refractivity contribution < 1.29 is 13.5 Å². The second-order valence-electron chi connectivity index (χ2n) is 6.81. The molecule has 0 saturated heterocycles. The van der Waals surface area contributed by atoms with E-state index in [-0.39, 0.29) is 24.6 Å². The van der Waals surface area contributed by atoms with Crippen molar-refractivity contribution in [1.29, 1.82) is 0 Å². The number of hydrogen-bond donors (Lipinski definition) is 1. The molecule has 4 nitrogen and oxygen atoms in total. The van der Waals surface area contributed by atoms with Crippen molar-refractivity contribution in [3.05, 3.63) is 45.6 Å². The molecule has 0 spiro atoms. The summed E-state index contributed by atoms with van der Waals surface area (Å²) in [6, 6.07) is 3.39. The molecule has 1 aromatic carbocycles. The van der Waals surface area contributed by atoms with Crippen molar-refractivity contribution in [3.8, 4) is 5.88 Å². The molecule has 0 unspecified atom stereocenters. The lowest BCUT2D eigenvalue weighted by molar-refractivity contribution is 0.241. The molecule has 150 valence electrons. The summed E-state index contributed by atoms with van der Waals surface area (Å²) in [6.45, 7) is 1.34. The van der Waals surface area contributed by atoms with Crippen LogP contribution in [0, 0.1) is 17.6 Å². The minimum atomic E-state index is -0.476. The molecule has 1 aliphatic rings. The number of nitrogens with zero attached hydrogens (tertiary/aromatic N) is 2. The molecular weight excluding hydrogens is 440 g/mol. The molecule has 0 amide bonds. The quantitative estimate of drug-likeness (QED) is 0.610. The van der Waals surface area contributed by atoms with Crippen LogP contribution in [0.1, 0.15) is 43.4 Å². The first kappa shape index (κ1) is 22.1. The number of ether oxygens (including phenoxy) is 1. The summed E-state index contributed by atoms with van der Waals surface area (Å²) in [7, 11) is 1.86. The van der Waals surface area contributed by atoms with Crippen LogP contribution in [0.3, 0.4) is 0 Å². The normalized spacial score (nSPS) is 14.8. The fraction of sp³-hybridized carbons (Fsp3) is 0.526. The fourth-order valence-electron chi connectivity index (χ4n) is 3.43. The van der Waals surface area contributed by atoms with Gasteiger partial charge in [-0.3, -0.25) is 0 Å². The van der Waals surface area contributed by atoms with E-state index in [2.05, 4.69) is 26.3 Å². The number of benzene rings is 1. The van der Waals surface area contributed by atoms with E-state index in [1.54, 1.807) is 0 Å². The molecule has 27 heavy (non-hydrogen) atoms. The van der Waals surface area contributed by atoms with Crippen molar-refractivity contribution in [2.75, 3.05) is 7.05 Å². The van der Waals surface area contributed by atoms with Gasteiger partial charge >= 0.3 is 0 Å². The van der Waals surface area contributed by atoms with Crippen LogP contribution in [-0.2, 0) is 19.7 Å². The zero-order chi connectivity index (χ0) is 18.5. The summed E-state index contributed by atoms with van der Waals surface area (Å²) in [5.74, 6) is 0.197. The predicted molar refractivity (Wildman–Crippen MR) is 107 cm³/mol. The Labute approximate surface area is 173 Å². The van der Waals surface area contributed by atoms with Crippen LogP contribution >= 0.6 is 28.3 Å². The maximum absolute atomic E-state index is 13.9. The highest BCUT2D eigenvalue weighted by atomic mass is 79.9. The number of nitrogens with one attached hydrogen (secondary N) is 1. The largest absolute Gasteiger partial charge is 0.472 e. The van der Waals surface area contributed by atoms with Gasteiger partial charge in [-0.15, -0.1) is 12.4 Å². The van der Waals surface area contributed by atoms with Crippen molar-refractivity contribution >= 4 is 28.3 Å². The zero-order valence-electron chi connectivity index (χ0n) is 15.3. The minimum Gasteiger partial charge on any atom is -0.472 e. The summed E-state index contributed by atoms with van der Waals surface area (Å²) in [5.41, 5.74) is 1.04. The molecule has 0 atom stereocenters. The van der Waals surface area contributed by atoms with Crippen LogP contribution in [0.5, 0.6) is 5.88 Å². The molecule has 1 aliphatic carbocycles. The molecule has 0 bridgehead atoms. The molecule has 1 fully saturated rings. The van der Waals surface area contributed by atoms with E-state index >= 15 is 0 Å². The second-order valence-corrected chi connectivity index (χ2v) is 7.60. The number of hydrogen-bond acceptors (Lipinski definition) is 3. The van der Waals surface area contributed by atoms with Gasteiger partial charge in [-0.05, 0) is 59.9 Å². The molecule has 8 heteroatoms. The Morgan fingerprint density at radius 2 is 2.00 bits per heavy atom. The molecule has 1 N–H and O–H groups in total. The molecule has 1 saturated carbocycles. The monoisotopic (exact) mass is 463 g/mol. The first-order chi connectivity index (χ1) is 12.6. The number of halogens is 4. The molecule has 2 aromatic rings. The van der Waals surface area contributed by atoms with Gasteiger partial charge in [-0.25, -0.2) is 13.5 Å². The lowest BCUT2D eigenvalue weighted by Gasteiger charge is -2.22. The minimum absolute atomic E-state index is 0. The second kappa shape index (κ2) is 10.4. The third-order valence-corrected chi connectivity index (χ3v) is 5.59. The van der Waals surface area contributed by atoms with Crippen molar-refractivity contribution in [3.63, 3.8) is 0 Å². The van der Waals surface area contributed by atoms with Gasteiger partial charge in [0.25, 0.3) is 0 Å². The molecule has 1 aromatic heterocycles. The van der Waals surface area contributed by atoms with Gasteiger partial charge < -0.3 is 10.1 Å². The van der Waals surface area contributed by atoms with Gasteiger partial charge in [0, 0.05) is 18.7 Å². The molecule has 0 aliphatic heterocycles. The third kappa shape index (κ3) is 5.65. The van der Waals surface area contributed by atoms with Crippen LogP contribution in [0.4, 0.5) is 8.78 Å². The van der Waals surface area contributed by atoms with Crippen LogP contribution < -0.4 is 10.1 Å². The first-order valence-electron chi connectivity index (χ1n) is 9.05. The lowest BCUT2D eigenvalue weighted by Crippen LogP contribution is -2.17. The van der Waals surface area contributed by atoms with E-state index < -0.39 is 11.6 Å². The van der Waals surface area contributed by atoms with Gasteiger partial charge in [0.05, 0.1) is 5.69 Å². The maximum atomic E-state index is 13.9. The summed E-state index contributed by atoms with van der Waals surface area (Å²) >= 11 is 3.56. The van der Waals surface area contributed by atoms with E-state index in [9.17, 15) is 8.78 Å². The van der Waals surface area contributed by atoms with Crippen molar-refractivity contribution in [2.24, 2.45) is 5.92 Å². The summed E-state index contributed by atoms with van der Waals surface area (Å²) in [6.07, 6.45) is 6.18. The Bertz CT molecular complexity index is 751. The topological polar surface area (TPSA) is 39.1 Å². The van der Waals surface area contributed by atoms with Gasteiger partial charge in [-0.1, -0.05) is 19.3 Å². The van der Waals surface area contributed by atoms with Crippen LogP contribution in [0.15, 0.2) is 22.7 Å². The van der Waals surface area contributed by atoms with Gasteiger partial charge in [0.2, 0.25) is 5.88 Å². The summed E-state index contributed by atoms with van der Waals surface area (Å²) in [5, 5.41) is 7.75. The molecular formula is C19H25BrClF2N3O. The van der Waals surface area contributed by atoms with E-state index in [1.165, 1.54) is 38.2 Å². The average Bonchev–Trinajstić information content (AvgIpc) is 2.92. The van der Waals surface area contributed by atoms with Gasteiger partial charge in [-0.2, -0.15) is 5.10 Å². The van der Waals surface area contributed by atoms with E-state index in [1.807, 2.05) is 11.7 Å². The Balaban J connectivity index is 0.00000261. The standard InChI is InChI=1S/C19H24BrF2N3O.ClH/c1-23-10-17-18(20)19(25(24-17)11-13-5-3-2-4-6-13)26-12-14-9-15(21)7-8-16(14)22;/h7-9,13,23H,2-6,10-12H2,1H3;1H. The fourth-order valence-corrected chi connectivity index (χ4v) is 3.97. The highest BCUT2D eigenvalue weighted by molar-refractivity contribution is 9.10. The Morgan fingerprint density at radius 3 is 2.70 bits per heavy atom. The Morgan fingerprint density at radius 1 is 1.26 bits per heavy atom. The maximum Gasteiger partial charge on any atom is 0.227 e. The van der Waals surface area contributed by atoms with Crippen molar-refractivity contribution in [2.45, 2.75) is 51.8 Å². The van der Waals surface area contributed by atoms with Crippen LogP contribution in [0.2, 0.25) is 0 Å². The smallest absolute Gasteiger partial charge is 0.227 e. The van der Waals surface area contributed by atoms with E-state index in [0.717, 1.165) is 28.8 Å². The summed E-state index contributed by atoms with van der Waals surface area (Å²) < 4.78 is 35.8. The average molecular weight is 465 g/mol. The highest BCUT2D eigenvalue weighted by Crippen LogP contribution is 2.33. The highest BCUT2D eigenvalue weighted by Gasteiger charge is 2.21. The summed E-state index contributed by atoms with van der Waals surface area (Å²) in [4.78, 5) is 0. The van der Waals surface area contributed by atoms with Gasteiger partial charge in [0.1, 0.15) is 22.7 Å². The zero-order valence-corrected chi connectivity index (χ0v) is 17.7. The third-order valence-electron chi connectivity index (χ3n) is 4.79. The van der Waals surface area contributed by atoms with E-state index in [0.29, 0.717) is 18.3 Å². The van der Waals surface area contributed by atoms with Gasteiger partial charge in [0.15, 0.2) is 0 Å². The van der Waals surface area contributed by atoms with Crippen LogP contribution in [0.25, 0.3) is 0 Å². The number of rotatable bonds is 7. The van der Waals surface area contributed by atoms with E-state index in [4.69, 9.17) is 4.74 Å². The SMILES string of the molecule is CNCc1nn(CC2CCCCC2)c(OCc2cc(F)ccc2F)c1Br.Cl. The lowest BCUT2D eigenvalue weighted by atomic mass is 9.89. The van der Waals surface area contributed by atoms with Crippen molar-refractivity contribution in [1.82, 2.24) is 15.1 Å². The van der Waals surface area contributed by atoms with Crippen LogP contribution in [-0.4, -0.2) is 16.8 Å². The number of aromatic nitrogens is 2. The first-order valence-corrected chi connectivity index (χ1v) is 9.84. The Kier molecular flexibility index (Phi) is 8.51. The molecule has 0 radical (unpaired) electrons.